The van der Waals surface area contributed by atoms with E-state index < -0.39 is 0 Å². The number of carbonyl (C=O) groups excluding carboxylic acids is 1. The average Bonchev–Trinajstić information content (AvgIpc) is 2.37. The predicted molar refractivity (Wildman–Crippen MR) is 78.3 cm³/mol. The first-order chi connectivity index (χ1) is 8.60. The summed E-state index contributed by atoms with van der Waals surface area (Å²) >= 11 is 7.88. The average molecular weight is 285 g/mol. The predicted octanol–water partition coefficient (Wildman–Crippen LogP) is 2.89. The summed E-state index contributed by atoms with van der Waals surface area (Å²) in [5.74, 6) is 1.03. The molecule has 0 saturated carbocycles. The van der Waals surface area contributed by atoms with E-state index in [1.54, 1.807) is 18.2 Å². The fourth-order valence-electron chi connectivity index (χ4n) is 2.07. The Hall–Kier alpha value is -0.870. The molecule has 98 valence electrons. The van der Waals surface area contributed by atoms with Gasteiger partial charge in [-0.2, -0.15) is 11.8 Å². The topological polar surface area (TPSA) is 46.3 Å². The summed E-state index contributed by atoms with van der Waals surface area (Å²) in [5.41, 5.74) is 6.84. The maximum absolute atomic E-state index is 12.4. The second kappa shape index (κ2) is 5.85. The molecule has 1 aromatic carbocycles. The minimum absolute atomic E-state index is 0.0305. The minimum atomic E-state index is 0.0305. The molecule has 1 unspecified atom stereocenters. The van der Waals surface area contributed by atoms with E-state index in [-0.39, 0.29) is 5.91 Å². The normalized spacial score (nSPS) is 19.9. The summed E-state index contributed by atoms with van der Waals surface area (Å²) in [6.45, 7) is 3.77. The molecular weight excluding hydrogens is 268 g/mol. The Kier molecular flexibility index (Phi) is 4.40. The van der Waals surface area contributed by atoms with Gasteiger partial charge in [0.2, 0.25) is 0 Å². The zero-order chi connectivity index (χ0) is 13.1. The van der Waals surface area contributed by atoms with Gasteiger partial charge in [0.05, 0.1) is 0 Å². The first-order valence-corrected chi connectivity index (χ1v) is 7.49. The lowest BCUT2D eigenvalue weighted by atomic mass is 10.1. The van der Waals surface area contributed by atoms with Crippen LogP contribution in [0.4, 0.5) is 5.69 Å². The van der Waals surface area contributed by atoms with Crippen LogP contribution in [0.15, 0.2) is 18.2 Å². The molecule has 1 aliphatic heterocycles. The van der Waals surface area contributed by atoms with Gasteiger partial charge >= 0.3 is 0 Å². The molecule has 0 spiro atoms. The first-order valence-electron chi connectivity index (χ1n) is 6.07. The minimum Gasteiger partial charge on any atom is -0.399 e. The van der Waals surface area contributed by atoms with Crippen molar-refractivity contribution < 1.29 is 4.79 Å². The van der Waals surface area contributed by atoms with Gasteiger partial charge in [-0.05, 0) is 24.6 Å². The van der Waals surface area contributed by atoms with Gasteiger partial charge in [0.25, 0.3) is 5.91 Å². The van der Waals surface area contributed by atoms with Crippen molar-refractivity contribution in [2.75, 3.05) is 24.6 Å². The van der Waals surface area contributed by atoms with E-state index in [1.165, 1.54) is 0 Å². The molecule has 1 saturated heterocycles. The fourth-order valence-corrected chi connectivity index (χ4v) is 3.49. The molecule has 1 aromatic rings. The van der Waals surface area contributed by atoms with Crippen LogP contribution >= 0.6 is 23.4 Å². The van der Waals surface area contributed by atoms with E-state index in [0.717, 1.165) is 25.3 Å². The number of halogens is 1. The van der Waals surface area contributed by atoms with Crippen LogP contribution in [-0.2, 0) is 0 Å². The molecule has 0 bridgehead atoms. The number of nitrogen functional groups attached to an aromatic ring is 1. The molecule has 0 aliphatic carbocycles. The Bertz CT molecular complexity index is 432. The van der Waals surface area contributed by atoms with Crippen LogP contribution in [0.3, 0.4) is 0 Å². The van der Waals surface area contributed by atoms with E-state index in [4.69, 9.17) is 17.3 Å². The second-order valence-electron chi connectivity index (χ2n) is 4.43. The summed E-state index contributed by atoms with van der Waals surface area (Å²) in [7, 11) is 0. The van der Waals surface area contributed by atoms with Crippen LogP contribution in [0.5, 0.6) is 0 Å². The third-order valence-electron chi connectivity index (χ3n) is 3.05. The Labute approximate surface area is 117 Å². The summed E-state index contributed by atoms with van der Waals surface area (Å²) < 4.78 is 0. The van der Waals surface area contributed by atoms with Crippen LogP contribution in [0.1, 0.15) is 23.7 Å². The number of hydrogen-bond acceptors (Lipinski definition) is 3. The van der Waals surface area contributed by atoms with E-state index >= 15 is 0 Å². The number of nitrogens with two attached hydrogens (primary N) is 1. The highest BCUT2D eigenvalue weighted by Gasteiger charge is 2.24. The van der Waals surface area contributed by atoms with Crippen molar-refractivity contribution >= 4 is 35.0 Å². The molecule has 0 aromatic heterocycles. The van der Waals surface area contributed by atoms with Crippen molar-refractivity contribution in [3.8, 4) is 0 Å². The molecule has 1 aliphatic rings. The molecule has 2 N–H and O–H groups in total. The summed E-state index contributed by atoms with van der Waals surface area (Å²) in [4.78, 5) is 14.3. The van der Waals surface area contributed by atoms with Crippen molar-refractivity contribution in [3.05, 3.63) is 28.8 Å². The van der Waals surface area contributed by atoms with Crippen LogP contribution in [0.2, 0.25) is 5.02 Å². The third kappa shape index (κ3) is 3.12. The van der Waals surface area contributed by atoms with Gasteiger partial charge in [-0.25, -0.2) is 0 Å². The lowest BCUT2D eigenvalue weighted by molar-refractivity contribution is 0.0761. The zero-order valence-electron chi connectivity index (χ0n) is 10.4. The summed E-state index contributed by atoms with van der Waals surface area (Å²) in [6.07, 6.45) is 1.09. The lowest BCUT2D eigenvalue weighted by Gasteiger charge is -2.32. The maximum atomic E-state index is 12.4. The highest BCUT2D eigenvalue weighted by atomic mass is 35.5. The number of hydrogen-bond donors (Lipinski definition) is 1. The molecule has 1 atom stereocenters. The largest absolute Gasteiger partial charge is 0.399 e. The highest BCUT2D eigenvalue weighted by Crippen LogP contribution is 2.24. The SMILES string of the molecule is CCC1CN(C(=O)c2cc(N)cc(Cl)c2)CCS1. The Morgan fingerprint density at radius 1 is 1.56 bits per heavy atom. The molecule has 2 rings (SSSR count). The highest BCUT2D eigenvalue weighted by molar-refractivity contribution is 8.00. The van der Waals surface area contributed by atoms with Crippen LogP contribution < -0.4 is 5.73 Å². The van der Waals surface area contributed by atoms with Gasteiger partial charge < -0.3 is 10.6 Å². The maximum Gasteiger partial charge on any atom is 0.254 e. The number of carbonyl (C=O) groups is 1. The molecule has 1 heterocycles. The number of rotatable bonds is 2. The van der Waals surface area contributed by atoms with Gasteiger partial charge in [-0.1, -0.05) is 18.5 Å². The Morgan fingerprint density at radius 3 is 3.00 bits per heavy atom. The summed E-state index contributed by atoms with van der Waals surface area (Å²) in [6, 6.07) is 5.03. The quantitative estimate of drug-likeness (QED) is 0.850. The van der Waals surface area contributed by atoms with E-state index in [2.05, 4.69) is 6.92 Å². The monoisotopic (exact) mass is 284 g/mol. The Balaban J connectivity index is 2.15. The van der Waals surface area contributed by atoms with Crippen molar-refractivity contribution in [3.63, 3.8) is 0 Å². The molecule has 1 amide bonds. The van der Waals surface area contributed by atoms with Gasteiger partial charge in [-0.15, -0.1) is 0 Å². The van der Waals surface area contributed by atoms with E-state index in [9.17, 15) is 4.79 Å². The number of anilines is 1. The molecule has 1 fully saturated rings. The van der Waals surface area contributed by atoms with Crippen molar-refractivity contribution in [1.82, 2.24) is 4.90 Å². The summed E-state index contributed by atoms with van der Waals surface area (Å²) in [5, 5.41) is 1.05. The third-order valence-corrected chi connectivity index (χ3v) is 4.64. The molecular formula is C13H17ClN2OS. The van der Waals surface area contributed by atoms with Gasteiger partial charge in [0.15, 0.2) is 0 Å². The Morgan fingerprint density at radius 2 is 2.33 bits per heavy atom. The van der Waals surface area contributed by atoms with Crippen LogP contribution in [-0.4, -0.2) is 34.9 Å². The van der Waals surface area contributed by atoms with Crippen LogP contribution in [0, 0.1) is 0 Å². The number of thioether (sulfide) groups is 1. The van der Waals surface area contributed by atoms with Gasteiger partial charge in [0, 0.05) is 40.4 Å². The first kappa shape index (κ1) is 13.6. The lowest BCUT2D eigenvalue weighted by Crippen LogP contribution is -2.41. The molecule has 5 heteroatoms. The molecule has 0 radical (unpaired) electrons. The van der Waals surface area contributed by atoms with Crippen molar-refractivity contribution in [1.29, 1.82) is 0 Å². The molecule has 3 nitrogen and oxygen atoms in total. The van der Waals surface area contributed by atoms with Crippen molar-refractivity contribution in [2.24, 2.45) is 0 Å². The zero-order valence-corrected chi connectivity index (χ0v) is 11.9. The van der Waals surface area contributed by atoms with Crippen molar-refractivity contribution in [2.45, 2.75) is 18.6 Å². The van der Waals surface area contributed by atoms with E-state index in [0.29, 0.717) is 21.5 Å². The van der Waals surface area contributed by atoms with Gasteiger partial charge in [-0.3, -0.25) is 4.79 Å². The van der Waals surface area contributed by atoms with Crippen LogP contribution in [0.25, 0.3) is 0 Å². The standard InChI is InChI=1S/C13H17ClN2OS/c1-2-12-8-16(3-4-18-12)13(17)9-5-10(14)7-11(15)6-9/h5-7,12H,2-4,8,15H2,1H3. The smallest absolute Gasteiger partial charge is 0.254 e. The number of nitrogens with zero attached hydrogens (tertiary/aromatic N) is 1. The van der Waals surface area contributed by atoms with Gasteiger partial charge in [0.1, 0.15) is 0 Å². The number of amides is 1. The van der Waals surface area contributed by atoms with E-state index in [1.807, 2.05) is 16.7 Å². The second-order valence-corrected chi connectivity index (χ2v) is 6.27. The molecule has 18 heavy (non-hydrogen) atoms. The number of benzene rings is 1. The fraction of sp³-hybridized carbons (Fsp3) is 0.462.